The monoisotopic (exact) mass is 510 g/mol. The minimum Gasteiger partial charge on any atom is -0.311 e. The molecule has 0 spiro atoms. The van der Waals surface area contributed by atoms with E-state index in [1.807, 2.05) is 72.8 Å². The maximum atomic E-state index is 13.1. The average Bonchev–Trinajstić information content (AvgIpc) is 2.85. The number of rotatable bonds is 3. The molecule has 0 radical (unpaired) electrons. The van der Waals surface area contributed by atoms with Crippen LogP contribution in [0, 0.1) is 3.57 Å². The number of likely N-dealkylation sites (N-methyl/N-ethyl adjacent to an activating group) is 1. The van der Waals surface area contributed by atoms with E-state index in [2.05, 4.69) is 38.2 Å². The van der Waals surface area contributed by atoms with Gasteiger partial charge < -0.3 is 15.5 Å². The van der Waals surface area contributed by atoms with Crippen molar-refractivity contribution in [1.82, 2.24) is 5.32 Å². The topological polar surface area (TPSA) is 73.8 Å². The van der Waals surface area contributed by atoms with Crippen LogP contribution in [0.25, 0.3) is 0 Å². The van der Waals surface area contributed by atoms with Gasteiger partial charge in [-0.25, -0.2) is 9.79 Å². The van der Waals surface area contributed by atoms with Crippen LogP contribution in [0.5, 0.6) is 0 Å². The number of benzene rings is 3. The number of carbonyl (C=O) groups is 2. The van der Waals surface area contributed by atoms with Crippen LogP contribution in [-0.4, -0.2) is 30.9 Å². The number of aliphatic imine (C=N–C) groups is 1. The largest absolute Gasteiger partial charge is 0.321 e. The van der Waals surface area contributed by atoms with E-state index in [-0.39, 0.29) is 5.91 Å². The van der Waals surface area contributed by atoms with Gasteiger partial charge in [-0.05, 0) is 46.9 Å². The van der Waals surface area contributed by atoms with E-state index in [1.165, 1.54) is 4.90 Å². The van der Waals surface area contributed by atoms with Gasteiger partial charge in [-0.15, -0.1) is 0 Å². The number of para-hydroxylation sites is 1. The summed E-state index contributed by atoms with van der Waals surface area (Å²) in [4.78, 5) is 31.9. The van der Waals surface area contributed by atoms with Crippen LogP contribution < -0.4 is 15.5 Å². The third-order valence-electron chi connectivity index (χ3n) is 4.74. The molecule has 150 valence electrons. The van der Waals surface area contributed by atoms with Gasteiger partial charge in [0.15, 0.2) is 0 Å². The van der Waals surface area contributed by atoms with Gasteiger partial charge in [-0.3, -0.25) is 4.79 Å². The number of urea groups is 1. The quantitative estimate of drug-likeness (QED) is 0.518. The SMILES string of the molecule is CN1C(=O)[C@H](NC(=O)Nc2cccc(I)c2)N=C(c2ccccc2)c2ccccc21. The van der Waals surface area contributed by atoms with E-state index in [0.29, 0.717) is 11.4 Å². The highest BCUT2D eigenvalue weighted by Gasteiger charge is 2.30. The van der Waals surface area contributed by atoms with Gasteiger partial charge in [0.2, 0.25) is 6.17 Å². The maximum Gasteiger partial charge on any atom is 0.321 e. The van der Waals surface area contributed by atoms with Crippen LogP contribution in [0.1, 0.15) is 11.1 Å². The summed E-state index contributed by atoms with van der Waals surface area (Å²) in [5.74, 6) is -0.314. The lowest BCUT2D eigenvalue weighted by Gasteiger charge is -2.21. The Morgan fingerprint density at radius 3 is 2.50 bits per heavy atom. The molecule has 1 aliphatic heterocycles. The van der Waals surface area contributed by atoms with Crippen LogP contribution in [0.2, 0.25) is 0 Å². The number of nitrogens with zero attached hydrogens (tertiary/aromatic N) is 2. The molecule has 0 bridgehead atoms. The molecule has 2 N–H and O–H groups in total. The Morgan fingerprint density at radius 2 is 1.73 bits per heavy atom. The number of hydrogen-bond donors (Lipinski definition) is 2. The fourth-order valence-electron chi connectivity index (χ4n) is 3.30. The lowest BCUT2D eigenvalue weighted by molar-refractivity contribution is -0.119. The van der Waals surface area contributed by atoms with Gasteiger partial charge in [-0.2, -0.15) is 0 Å². The molecular weight excluding hydrogens is 491 g/mol. The molecule has 0 saturated heterocycles. The van der Waals surface area contributed by atoms with Crippen LogP contribution >= 0.6 is 22.6 Å². The van der Waals surface area contributed by atoms with Crippen LogP contribution in [0.4, 0.5) is 16.2 Å². The number of amides is 3. The second-order valence-corrected chi connectivity index (χ2v) is 8.02. The summed E-state index contributed by atoms with van der Waals surface area (Å²) in [7, 11) is 1.69. The van der Waals surface area contributed by atoms with E-state index in [0.717, 1.165) is 20.4 Å². The van der Waals surface area contributed by atoms with Crippen molar-refractivity contribution in [3.8, 4) is 0 Å². The number of halogens is 1. The standard InChI is InChI=1S/C23H19IN4O2/c1-28-19-13-6-5-12-18(19)20(15-8-3-2-4-9-15)26-21(22(28)29)27-23(30)25-17-11-7-10-16(24)14-17/h2-14,21H,1H3,(H2,25,27,30)/t21-/m0/s1. The highest BCUT2D eigenvalue weighted by molar-refractivity contribution is 14.1. The zero-order chi connectivity index (χ0) is 21.1. The van der Waals surface area contributed by atoms with Crippen molar-refractivity contribution in [2.24, 2.45) is 4.99 Å². The Kier molecular flexibility index (Phi) is 5.80. The van der Waals surface area contributed by atoms with E-state index in [1.54, 1.807) is 13.1 Å². The molecule has 0 aliphatic carbocycles. The van der Waals surface area contributed by atoms with Gasteiger partial charge in [-0.1, -0.05) is 54.6 Å². The van der Waals surface area contributed by atoms with Crippen LogP contribution in [0.15, 0.2) is 83.9 Å². The Labute approximate surface area is 188 Å². The molecule has 3 aromatic carbocycles. The molecule has 1 atom stereocenters. The minimum atomic E-state index is -1.06. The molecule has 1 aliphatic rings. The highest BCUT2D eigenvalue weighted by atomic mass is 127. The third kappa shape index (κ3) is 4.20. The van der Waals surface area contributed by atoms with Crippen molar-refractivity contribution in [3.63, 3.8) is 0 Å². The second kappa shape index (κ2) is 8.66. The highest BCUT2D eigenvalue weighted by Crippen LogP contribution is 2.27. The molecule has 0 fully saturated rings. The first-order valence-electron chi connectivity index (χ1n) is 9.36. The second-order valence-electron chi connectivity index (χ2n) is 6.77. The molecule has 7 heteroatoms. The van der Waals surface area contributed by atoms with Gasteiger partial charge in [0.1, 0.15) is 0 Å². The van der Waals surface area contributed by atoms with Crippen molar-refractivity contribution in [2.75, 3.05) is 17.3 Å². The predicted octanol–water partition coefficient (Wildman–Crippen LogP) is 4.25. The normalized spacial score (nSPS) is 15.7. The van der Waals surface area contributed by atoms with E-state index >= 15 is 0 Å². The van der Waals surface area contributed by atoms with Crippen molar-refractivity contribution in [1.29, 1.82) is 0 Å². The van der Waals surface area contributed by atoms with E-state index in [9.17, 15) is 9.59 Å². The first-order valence-corrected chi connectivity index (χ1v) is 10.4. The zero-order valence-corrected chi connectivity index (χ0v) is 18.3. The molecule has 0 saturated carbocycles. The van der Waals surface area contributed by atoms with Crippen LogP contribution in [-0.2, 0) is 4.79 Å². The minimum absolute atomic E-state index is 0.314. The van der Waals surface area contributed by atoms with Crippen LogP contribution in [0.3, 0.4) is 0 Å². The number of hydrogen-bond acceptors (Lipinski definition) is 3. The lowest BCUT2D eigenvalue weighted by Crippen LogP contribution is -2.47. The molecule has 0 unspecified atom stereocenters. The summed E-state index contributed by atoms with van der Waals surface area (Å²) < 4.78 is 0.996. The van der Waals surface area contributed by atoms with E-state index < -0.39 is 12.2 Å². The van der Waals surface area contributed by atoms with Crippen molar-refractivity contribution < 1.29 is 9.59 Å². The first-order chi connectivity index (χ1) is 14.5. The molecular formula is C23H19IN4O2. The molecule has 4 rings (SSSR count). The third-order valence-corrected chi connectivity index (χ3v) is 5.41. The molecule has 30 heavy (non-hydrogen) atoms. The number of anilines is 2. The summed E-state index contributed by atoms with van der Waals surface area (Å²) in [5.41, 5.74) is 3.75. The fraction of sp³-hybridized carbons (Fsp3) is 0.0870. The Morgan fingerprint density at radius 1 is 1.00 bits per heavy atom. The summed E-state index contributed by atoms with van der Waals surface area (Å²) >= 11 is 2.17. The van der Waals surface area contributed by atoms with Gasteiger partial charge in [0, 0.05) is 27.4 Å². The zero-order valence-electron chi connectivity index (χ0n) is 16.2. The number of nitrogens with one attached hydrogen (secondary N) is 2. The van der Waals surface area contributed by atoms with E-state index in [4.69, 9.17) is 0 Å². The Balaban J connectivity index is 1.69. The summed E-state index contributed by atoms with van der Waals surface area (Å²) in [6, 6.07) is 24.2. The maximum absolute atomic E-state index is 13.1. The van der Waals surface area contributed by atoms with Crippen molar-refractivity contribution in [2.45, 2.75) is 6.17 Å². The molecule has 6 nitrogen and oxygen atoms in total. The average molecular weight is 510 g/mol. The smallest absolute Gasteiger partial charge is 0.311 e. The van der Waals surface area contributed by atoms with Gasteiger partial charge >= 0.3 is 6.03 Å². The lowest BCUT2D eigenvalue weighted by atomic mass is 10.0. The van der Waals surface area contributed by atoms with Gasteiger partial charge in [0.05, 0.1) is 11.4 Å². The van der Waals surface area contributed by atoms with Crippen molar-refractivity contribution >= 4 is 51.6 Å². The molecule has 3 amide bonds. The predicted molar refractivity (Wildman–Crippen MR) is 127 cm³/mol. The number of benzodiazepines with no additional fused rings is 1. The van der Waals surface area contributed by atoms with Gasteiger partial charge in [0.25, 0.3) is 5.91 Å². The number of fused-ring (bicyclic) bond motifs is 1. The Bertz CT molecular complexity index is 1130. The summed E-state index contributed by atoms with van der Waals surface area (Å²) in [5, 5.41) is 5.48. The molecule has 3 aromatic rings. The van der Waals surface area contributed by atoms with Crippen molar-refractivity contribution in [3.05, 3.63) is 93.6 Å². The Hall–Kier alpha value is -3.20. The first kappa shape index (κ1) is 20.1. The fourth-order valence-corrected chi connectivity index (χ4v) is 3.84. The molecule has 0 aromatic heterocycles. The summed E-state index contributed by atoms with van der Waals surface area (Å²) in [6.45, 7) is 0. The molecule has 1 heterocycles. The summed E-state index contributed by atoms with van der Waals surface area (Å²) in [6.07, 6.45) is -1.06. The number of carbonyl (C=O) groups excluding carboxylic acids is 2.